The lowest BCUT2D eigenvalue weighted by Gasteiger charge is -2.29. The van der Waals surface area contributed by atoms with Crippen molar-refractivity contribution in [2.75, 3.05) is 13.1 Å². The van der Waals surface area contributed by atoms with Crippen molar-refractivity contribution in [1.82, 2.24) is 15.1 Å². The third-order valence-electron chi connectivity index (χ3n) is 7.25. The van der Waals surface area contributed by atoms with Crippen LogP contribution in [0.5, 0.6) is 5.75 Å². The fraction of sp³-hybridized carbons (Fsp3) is 0.433. The number of carbonyl (C=O) groups excluding carboxylic acids is 3. The molecule has 1 N–H and O–H groups in total. The van der Waals surface area contributed by atoms with Crippen LogP contribution >= 0.6 is 0 Å². The number of amides is 3. The molecule has 3 amide bonds. The maximum atomic E-state index is 13.9. The minimum atomic E-state index is -4.40. The lowest BCUT2D eigenvalue weighted by molar-refractivity contribution is -0.139. The van der Waals surface area contributed by atoms with Crippen molar-refractivity contribution in [1.29, 1.82) is 0 Å². The number of hydrogen-bond acceptors (Lipinski definition) is 5. The van der Waals surface area contributed by atoms with Gasteiger partial charge >= 0.3 is 6.18 Å². The first kappa shape index (κ1) is 31.1. The van der Waals surface area contributed by atoms with E-state index in [1.54, 1.807) is 42.5 Å². The number of imide groups is 1. The Labute approximate surface area is 240 Å². The summed E-state index contributed by atoms with van der Waals surface area (Å²) in [6, 6.07) is 11.2. The van der Waals surface area contributed by atoms with Crippen LogP contribution in [0, 0.1) is 0 Å². The van der Waals surface area contributed by atoms with E-state index in [1.807, 2.05) is 0 Å². The van der Waals surface area contributed by atoms with Crippen molar-refractivity contribution >= 4 is 17.7 Å². The normalized spacial score (nSPS) is 17.7. The summed E-state index contributed by atoms with van der Waals surface area (Å²) in [5, 5.41) is 2.27. The maximum absolute atomic E-state index is 13.9. The van der Waals surface area contributed by atoms with Crippen LogP contribution in [0.2, 0.25) is 0 Å². The summed E-state index contributed by atoms with van der Waals surface area (Å²) >= 11 is 0. The highest BCUT2D eigenvalue weighted by Gasteiger charge is 2.40. The monoisotopic (exact) mass is 593 g/mol. The highest BCUT2D eigenvalue weighted by atomic mass is 19.4. The molecule has 4 rings (SSSR count). The largest absolute Gasteiger partial charge is 0.489 e. The predicted molar refractivity (Wildman–Crippen MR) is 144 cm³/mol. The summed E-state index contributed by atoms with van der Waals surface area (Å²) in [4.78, 5) is 39.6. The lowest BCUT2D eigenvalue weighted by atomic mass is 10.0. The van der Waals surface area contributed by atoms with E-state index in [0.29, 0.717) is 22.4 Å². The Kier molecular flexibility index (Phi) is 9.65. The minimum absolute atomic E-state index is 0.0770. The van der Waals surface area contributed by atoms with Crippen molar-refractivity contribution in [3.05, 3.63) is 76.9 Å². The number of rotatable bonds is 12. The van der Waals surface area contributed by atoms with E-state index in [9.17, 15) is 36.3 Å². The van der Waals surface area contributed by atoms with E-state index in [0.717, 1.165) is 11.6 Å². The van der Waals surface area contributed by atoms with Gasteiger partial charge in [-0.1, -0.05) is 36.4 Å². The Morgan fingerprint density at radius 1 is 1.00 bits per heavy atom. The predicted octanol–water partition coefficient (Wildman–Crippen LogP) is 5.38. The van der Waals surface area contributed by atoms with Gasteiger partial charge in [-0.3, -0.25) is 24.6 Å². The fourth-order valence-corrected chi connectivity index (χ4v) is 5.04. The Hall–Kier alpha value is -3.80. The SMILES string of the molecule is CC=CC(F)(F)CCN(CCC(F)(F)F)Cc1ccc(COc2cccc3c2CN(C2CCC(=O)NC2=O)C3=O)cc1. The Balaban J connectivity index is 1.38. The number of nitrogens with zero attached hydrogens (tertiary/aromatic N) is 2. The third kappa shape index (κ3) is 8.15. The highest BCUT2D eigenvalue weighted by Crippen LogP contribution is 2.34. The molecule has 2 aromatic rings. The minimum Gasteiger partial charge on any atom is -0.489 e. The van der Waals surface area contributed by atoms with Crippen LogP contribution in [0.4, 0.5) is 22.0 Å². The smallest absolute Gasteiger partial charge is 0.390 e. The van der Waals surface area contributed by atoms with Crippen LogP contribution in [0.15, 0.2) is 54.6 Å². The zero-order valence-electron chi connectivity index (χ0n) is 23.1. The number of carbonyl (C=O) groups is 3. The summed E-state index contributed by atoms with van der Waals surface area (Å²) < 4.78 is 72.3. The van der Waals surface area contributed by atoms with Gasteiger partial charge in [0.2, 0.25) is 11.8 Å². The van der Waals surface area contributed by atoms with Gasteiger partial charge < -0.3 is 9.64 Å². The highest BCUT2D eigenvalue weighted by molar-refractivity contribution is 6.05. The Morgan fingerprint density at radius 2 is 1.69 bits per heavy atom. The molecule has 7 nitrogen and oxygen atoms in total. The first-order valence-electron chi connectivity index (χ1n) is 13.6. The van der Waals surface area contributed by atoms with E-state index in [1.165, 1.54) is 22.8 Å². The van der Waals surface area contributed by atoms with Crippen LogP contribution in [0.1, 0.15) is 59.7 Å². The molecule has 2 aromatic carbocycles. The molecule has 1 unspecified atom stereocenters. The first-order valence-corrected chi connectivity index (χ1v) is 13.6. The molecule has 0 saturated carbocycles. The molecular weight excluding hydrogens is 561 g/mol. The number of fused-ring (bicyclic) bond motifs is 1. The molecular formula is C30H32F5N3O4. The average Bonchev–Trinajstić information content (AvgIpc) is 3.26. The van der Waals surface area contributed by atoms with Crippen LogP contribution < -0.4 is 10.1 Å². The van der Waals surface area contributed by atoms with Gasteiger partial charge in [0.15, 0.2) is 0 Å². The molecule has 2 aliphatic rings. The molecule has 1 saturated heterocycles. The molecule has 0 spiro atoms. The molecule has 42 heavy (non-hydrogen) atoms. The van der Waals surface area contributed by atoms with Crippen molar-refractivity contribution in [2.24, 2.45) is 0 Å². The Bertz CT molecular complexity index is 1330. The fourth-order valence-electron chi connectivity index (χ4n) is 5.04. The standard InChI is InChI=1S/C30H32F5N3O4/c1-2-12-29(31,32)13-15-37(16-14-30(33,34)35)17-20-6-8-21(9-7-20)19-42-25-5-3-4-22-23(25)18-38(28(22)41)24-10-11-26(39)36-27(24)40/h2-9,12,24H,10-11,13-19H2,1H3,(H,36,39,40). The van der Waals surface area contributed by atoms with E-state index in [2.05, 4.69) is 5.32 Å². The molecule has 1 atom stereocenters. The van der Waals surface area contributed by atoms with Crippen molar-refractivity contribution in [2.45, 2.75) is 70.4 Å². The second kappa shape index (κ2) is 13.0. The molecule has 1 fully saturated rings. The third-order valence-corrected chi connectivity index (χ3v) is 7.25. The van der Waals surface area contributed by atoms with E-state index in [4.69, 9.17) is 4.74 Å². The molecule has 0 aliphatic carbocycles. The summed E-state index contributed by atoms with van der Waals surface area (Å²) in [5.74, 6) is -3.81. The Morgan fingerprint density at radius 3 is 2.36 bits per heavy atom. The van der Waals surface area contributed by atoms with Gasteiger partial charge in [-0.25, -0.2) is 8.78 Å². The molecule has 2 aliphatic heterocycles. The number of allylic oxidation sites excluding steroid dienone is 2. The molecule has 0 bridgehead atoms. The number of halogens is 5. The number of hydrogen-bond donors (Lipinski definition) is 1. The van der Waals surface area contributed by atoms with Crippen molar-refractivity contribution in [3.63, 3.8) is 0 Å². The summed E-state index contributed by atoms with van der Waals surface area (Å²) in [6.07, 6.45) is -3.72. The second-order valence-electron chi connectivity index (χ2n) is 10.4. The molecule has 2 heterocycles. The van der Waals surface area contributed by atoms with Crippen LogP contribution in [0.25, 0.3) is 0 Å². The molecule has 12 heteroatoms. The van der Waals surface area contributed by atoms with Crippen LogP contribution in [-0.2, 0) is 29.3 Å². The van der Waals surface area contributed by atoms with E-state index >= 15 is 0 Å². The summed E-state index contributed by atoms with van der Waals surface area (Å²) in [6.45, 7) is 1.24. The molecule has 226 valence electrons. The van der Waals surface area contributed by atoms with Gasteiger partial charge in [0.05, 0.1) is 13.0 Å². The topological polar surface area (TPSA) is 79.0 Å². The van der Waals surface area contributed by atoms with E-state index in [-0.39, 0.29) is 50.9 Å². The van der Waals surface area contributed by atoms with Gasteiger partial charge in [0.25, 0.3) is 11.8 Å². The number of alkyl halides is 5. The average molecular weight is 594 g/mol. The number of nitrogens with one attached hydrogen (secondary N) is 1. The first-order chi connectivity index (χ1) is 19.8. The van der Waals surface area contributed by atoms with Gasteiger partial charge in [-0.2, -0.15) is 13.2 Å². The summed E-state index contributed by atoms with van der Waals surface area (Å²) in [5.41, 5.74) is 2.48. The summed E-state index contributed by atoms with van der Waals surface area (Å²) in [7, 11) is 0. The van der Waals surface area contributed by atoms with Gasteiger partial charge in [0, 0.05) is 43.6 Å². The molecule has 0 aromatic heterocycles. The second-order valence-corrected chi connectivity index (χ2v) is 10.4. The number of ether oxygens (including phenoxy) is 1. The maximum Gasteiger partial charge on any atom is 0.390 e. The number of benzene rings is 2. The molecule has 0 radical (unpaired) electrons. The van der Waals surface area contributed by atoms with Gasteiger partial charge in [-0.05, 0) is 42.7 Å². The van der Waals surface area contributed by atoms with Crippen molar-refractivity contribution in [3.8, 4) is 5.75 Å². The number of piperidine rings is 1. The quantitative estimate of drug-likeness (QED) is 0.203. The zero-order chi connectivity index (χ0) is 30.5. The van der Waals surface area contributed by atoms with Crippen LogP contribution in [0.3, 0.4) is 0 Å². The van der Waals surface area contributed by atoms with Crippen molar-refractivity contribution < 1.29 is 41.1 Å². The van der Waals surface area contributed by atoms with Gasteiger partial charge in [0.1, 0.15) is 18.4 Å². The zero-order valence-corrected chi connectivity index (χ0v) is 23.1. The van der Waals surface area contributed by atoms with E-state index < -0.39 is 43.4 Å². The van der Waals surface area contributed by atoms with Gasteiger partial charge in [-0.15, -0.1) is 0 Å². The lowest BCUT2D eigenvalue weighted by Crippen LogP contribution is -2.52. The van der Waals surface area contributed by atoms with Crippen LogP contribution in [-0.4, -0.2) is 58.8 Å².